The van der Waals surface area contributed by atoms with Crippen molar-refractivity contribution >= 4 is 39.5 Å². The predicted octanol–water partition coefficient (Wildman–Crippen LogP) is 3.66. The number of benzene rings is 1. The van der Waals surface area contributed by atoms with Crippen molar-refractivity contribution in [2.24, 2.45) is 0 Å². The summed E-state index contributed by atoms with van der Waals surface area (Å²) in [6.45, 7) is 2.69. The van der Waals surface area contributed by atoms with Gasteiger partial charge in [-0.2, -0.15) is 0 Å². The number of halogens is 1. The van der Waals surface area contributed by atoms with Crippen LogP contribution in [0, 0.1) is 6.92 Å². The van der Waals surface area contributed by atoms with E-state index in [0.717, 1.165) is 22.3 Å². The highest BCUT2D eigenvalue weighted by Crippen LogP contribution is 2.26. The summed E-state index contributed by atoms with van der Waals surface area (Å²) in [7, 11) is 0. The number of nitrogens with one attached hydrogen (secondary N) is 1. The highest BCUT2D eigenvalue weighted by molar-refractivity contribution is 7.09. The van der Waals surface area contributed by atoms with Gasteiger partial charge in [0.1, 0.15) is 0 Å². The summed E-state index contributed by atoms with van der Waals surface area (Å²) in [5.74, 6) is 0.743. The van der Waals surface area contributed by atoms with Gasteiger partial charge in [-0.1, -0.05) is 35.9 Å². The molecule has 3 rings (SSSR count). The van der Waals surface area contributed by atoms with Crippen LogP contribution in [0.1, 0.15) is 10.6 Å². The minimum absolute atomic E-state index is 0.426. The monoisotopic (exact) mass is 290 g/mol. The Balaban J connectivity index is 1.93. The molecule has 4 nitrogen and oxygen atoms in total. The van der Waals surface area contributed by atoms with E-state index < -0.39 is 0 Å². The Kier molecular flexibility index (Phi) is 3.31. The molecule has 0 aliphatic carbocycles. The van der Waals surface area contributed by atoms with E-state index in [9.17, 15) is 0 Å². The van der Waals surface area contributed by atoms with Gasteiger partial charge in [0.15, 0.2) is 11.0 Å². The largest absolute Gasteiger partial charge is 0.363 e. The first-order valence-corrected chi connectivity index (χ1v) is 7.05. The summed E-state index contributed by atoms with van der Waals surface area (Å²) in [5.41, 5.74) is 2.89. The standard InChI is InChI=1S/C13H11ClN4S/c1-8-11(19-7-16-8)6-15-13-10-5-3-2-4-9(10)12(14)17-18-13/h2-5,7H,6H2,1H3,(H,15,18). The van der Waals surface area contributed by atoms with Crippen molar-refractivity contribution in [1.82, 2.24) is 15.2 Å². The van der Waals surface area contributed by atoms with E-state index in [1.165, 1.54) is 4.88 Å². The summed E-state index contributed by atoms with van der Waals surface area (Å²) in [5, 5.41) is 13.7. The molecule has 0 unspecified atom stereocenters. The molecule has 1 N–H and O–H groups in total. The van der Waals surface area contributed by atoms with Crippen molar-refractivity contribution in [2.45, 2.75) is 13.5 Å². The molecule has 0 radical (unpaired) electrons. The van der Waals surface area contributed by atoms with Crippen molar-refractivity contribution in [1.29, 1.82) is 0 Å². The fourth-order valence-electron chi connectivity index (χ4n) is 1.86. The molecule has 0 aliphatic heterocycles. The summed E-state index contributed by atoms with van der Waals surface area (Å²) in [4.78, 5) is 5.42. The van der Waals surface area contributed by atoms with Gasteiger partial charge >= 0.3 is 0 Å². The van der Waals surface area contributed by atoms with E-state index in [1.807, 2.05) is 36.7 Å². The number of hydrogen-bond donors (Lipinski definition) is 1. The van der Waals surface area contributed by atoms with E-state index >= 15 is 0 Å². The quantitative estimate of drug-likeness (QED) is 0.800. The third-order valence-corrected chi connectivity index (χ3v) is 4.12. The molecule has 0 saturated heterocycles. The lowest BCUT2D eigenvalue weighted by molar-refractivity contribution is 1.02. The van der Waals surface area contributed by atoms with Gasteiger partial charge in [-0.05, 0) is 6.92 Å². The zero-order valence-corrected chi connectivity index (χ0v) is 11.8. The Morgan fingerprint density at radius 2 is 2.00 bits per heavy atom. The van der Waals surface area contributed by atoms with Crippen molar-refractivity contribution in [3.63, 3.8) is 0 Å². The molecule has 0 amide bonds. The van der Waals surface area contributed by atoms with Crippen molar-refractivity contribution < 1.29 is 0 Å². The van der Waals surface area contributed by atoms with Crippen LogP contribution < -0.4 is 5.32 Å². The molecular weight excluding hydrogens is 280 g/mol. The van der Waals surface area contributed by atoms with E-state index in [0.29, 0.717) is 11.7 Å². The lowest BCUT2D eigenvalue weighted by Crippen LogP contribution is -2.03. The van der Waals surface area contributed by atoms with E-state index in [-0.39, 0.29) is 0 Å². The molecule has 1 aromatic carbocycles. The fraction of sp³-hybridized carbons (Fsp3) is 0.154. The molecule has 0 saturated carbocycles. The second kappa shape index (κ2) is 5.11. The topological polar surface area (TPSA) is 50.7 Å². The van der Waals surface area contributed by atoms with Crippen molar-refractivity contribution in [3.05, 3.63) is 45.5 Å². The molecule has 6 heteroatoms. The summed E-state index contributed by atoms with van der Waals surface area (Å²) >= 11 is 7.67. The molecule has 96 valence electrons. The maximum absolute atomic E-state index is 6.04. The third kappa shape index (κ3) is 2.39. The first kappa shape index (κ1) is 12.3. The highest BCUT2D eigenvalue weighted by Gasteiger charge is 2.08. The zero-order chi connectivity index (χ0) is 13.2. The number of rotatable bonds is 3. The van der Waals surface area contributed by atoms with Gasteiger partial charge in [-0.25, -0.2) is 4.98 Å². The SMILES string of the molecule is Cc1ncsc1CNc1nnc(Cl)c2ccccc12. The molecule has 0 fully saturated rings. The van der Waals surface area contributed by atoms with Crippen molar-refractivity contribution in [3.8, 4) is 0 Å². The Morgan fingerprint density at radius 1 is 1.21 bits per heavy atom. The lowest BCUT2D eigenvalue weighted by Gasteiger charge is -2.08. The number of thiazole rings is 1. The van der Waals surface area contributed by atoms with Crippen LogP contribution in [0.15, 0.2) is 29.8 Å². The molecule has 0 atom stereocenters. The summed E-state index contributed by atoms with van der Waals surface area (Å²) < 4.78 is 0. The van der Waals surface area contributed by atoms with Crippen LogP contribution in [-0.4, -0.2) is 15.2 Å². The van der Waals surface area contributed by atoms with Gasteiger partial charge in [0.05, 0.1) is 17.7 Å². The molecule has 3 aromatic rings. The van der Waals surface area contributed by atoms with Crippen LogP contribution in [0.25, 0.3) is 10.8 Å². The number of nitrogens with zero attached hydrogens (tertiary/aromatic N) is 3. The molecule has 2 heterocycles. The van der Waals surface area contributed by atoms with Gasteiger partial charge in [-0.3, -0.25) is 0 Å². The Hall–Kier alpha value is -1.72. The van der Waals surface area contributed by atoms with Crippen LogP contribution >= 0.6 is 22.9 Å². The second-order valence-electron chi connectivity index (χ2n) is 4.10. The highest BCUT2D eigenvalue weighted by atomic mass is 35.5. The predicted molar refractivity (Wildman–Crippen MR) is 78.7 cm³/mol. The van der Waals surface area contributed by atoms with Crippen molar-refractivity contribution in [2.75, 3.05) is 5.32 Å². The number of fused-ring (bicyclic) bond motifs is 1. The van der Waals surface area contributed by atoms with Crippen LogP contribution in [0.3, 0.4) is 0 Å². The number of aromatic nitrogens is 3. The molecule has 19 heavy (non-hydrogen) atoms. The third-order valence-electron chi connectivity index (χ3n) is 2.90. The van der Waals surface area contributed by atoms with Crippen LogP contribution in [0.2, 0.25) is 5.15 Å². The number of anilines is 1. The summed E-state index contributed by atoms with van der Waals surface area (Å²) in [6, 6.07) is 7.82. The van der Waals surface area contributed by atoms with E-state index in [1.54, 1.807) is 11.3 Å². The van der Waals surface area contributed by atoms with Gasteiger partial charge in [0.25, 0.3) is 0 Å². The fourth-order valence-corrected chi connectivity index (χ4v) is 2.78. The average Bonchev–Trinajstić information content (AvgIpc) is 2.84. The van der Waals surface area contributed by atoms with E-state index in [4.69, 9.17) is 11.6 Å². The van der Waals surface area contributed by atoms with Gasteiger partial charge in [0.2, 0.25) is 0 Å². The smallest absolute Gasteiger partial charge is 0.159 e. The average molecular weight is 291 g/mol. The number of hydrogen-bond acceptors (Lipinski definition) is 5. The molecule has 0 aliphatic rings. The molecule has 2 aromatic heterocycles. The van der Waals surface area contributed by atoms with Gasteiger partial charge in [0, 0.05) is 15.6 Å². The second-order valence-corrected chi connectivity index (χ2v) is 5.40. The minimum Gasteiger partial charge on any atom is -0.363 e. The van der Waals surface area contributed by atoms with Crippen LogP contribution in [-0.2, 0) is 6.54 Å². The molecule has 0 spiro atoms. The zero-order valence-electron chi connectivity index (χ0n) is 10.2. The first-order chi connectivity index (χ1) is 9.25. The van der Waals surface area contributed by atoms with Gasteiger partial charge < -0.3 is 5.32 Å². The maximum Gasteiger partial charge on any atom is 0.159 e. The minimum atomic E-state index is 0.426. The Labute approximate surface area is 119 Å². The lowest BCUT2D eigenvalue weighted by atomic mass is 10.2. The van der Waals surface area contributed by atoms with Crippen LogP contribution in [0.5, 0.6) is 0 Å². The van der Waals surface area contributed by atoms with E-state index in [2.05, 4.69) is 20.5 Å². The summed E-state index contributed by atoms with van der Waals surface area (Å²) in [6.07, 6.45) is 0. The van der Waals surface area contributed by atoms with Crippen LogP contribution in [0.4, 0.5) is 5.82 Å². The molecular formula is C13H11ClN4S. The first-order valence-electron chi connectivity index (χ1n) is 5.79. The number of aryl methyl sites for hydroxylation is 1. The Morgan fingerprint density at radius 3 is 2.74 bits per heavy atom. The Bertz CT molecular complexity index is 725. The normalized spacial score (nSPS) is 10.8. The molecule has 0 bridgehead atoms. The maximum atomic E-state index is 6.04. The van der Waals surface area contributed by atoms with Gasteiger partial charge in [-0.15, -0.1) is 21.5 Å².